The van der Waals surface area contributed by atoms with Crippen LogP contribution in [0.25, 0.3) is 0 Å². The van der Waals surface area contributed by atoms with Crippen molar-refractivity contribution in [3.05, 3.63) is 47.5 Å². The van der Waals surface area contributed by atoms with Crippen molar-refractivity contribution in [2.75, 3.05) is 12.4 Å². The van der Waals surface area contributed by atoms with Gasteiger partial charge < -0.3 is 4.90 Å². The zero-order chi connectivity index (χ0) is 12.0. The molecule has 0 N–H and O–H groups in total. The largest absolute Gasteiger partial charge is 0.334 e. The summed E-state index contributed by atoms with van der Waals surface area (Å²) in [6, 6.07) is 7.43. The molecule has 2 nitrogen and oxygen atoms in total. The topological polar surface area (TPSA) is 20.3 Å². The lowest BCUT2D eigenvalue weighted by atomic mass is 10.2. The molecule has 0 spiro atoms. The number of rotatable bonds is 5. The molecule has 1 amide bonds. The third-order valence-electron chi connectivity index (χ3n) is 2.14. The Labute approximate surface area is 105 Å². The molecule has 0 fully saturated rings. The number of nitrogens with zero attached hydrogens (tertiary/aromatic N) is 1. The summed E-state index contributed by atoms with van der Waals surface area (Å²) in [5, 5.41) is 0.652. The first-order valence-corrected chi connectivity index (χ1v) is 5.78. The van der Waals surface area contributed by atoms with Gasteiger partial charge in [-0.15, -0.1) is 18.2 Å². The molecule has 1 aromatic rings. The number of halogens is 2. The van der Waals surface area contributed by atoms with E-state index in [2.05, 4.69) is 6.58 Å². The lowest BCUT2D eigenvalue weighted by Crippen LogP contribution is -2.31. The van der Waals surface area contributed by atoms with Gasteiger partial charge >= 0.3 is 0 Å². The van der Waals surface area contributed by atoms with Crippen molar-refractivity contribution in [1.29, 1.82) is 0 Å². The fraction of sp³-hybridized carbons (Fsp3) is 0.250. The summed E-state index contributed by atoms with van der Waals surface area (Å²) < 4.78 is 0. The lowest BCUT2D eigenvalue weighted by molar-refractivity contribution is -0.128. The van der Waals surface area contributed by atoms with E-state index in [-0.39, 0.29) is 11.8 Å². The molecule has 0 bridgehead atoms. The van der Waals surface area contributed by atoms with Gasteiger partial charge in [0.2, 0.25) is 5.91 Å². The highest BCUT2D eigenvalue weighted by molar-refractivity contribution is 6.31. The Morgan fingerprint density at radius 2 is 2.12 bits per heavy atom. The molecule has 0 saturated carbocycles. The predicted octanol–water partition coefficient (Wildman–Crippen LogP) is 3.09. The SMILES string of the molecule is C=CCN(Cc1ccccc1Cl)C(=O)CCl. The van der Waals surface area contributed by atoms with E-state index in [1.54, 1.807) is 17.0 Å². The predicted molar refractivity (Wildman–Crippen MR) is 67.8 cm³/mol. The van der Waals surface area contributed by atoms with Gasteiger partial charge in [-0.2, -0.15) is 0 Å². The van der Waals surface area contributed by atoms with Crippen LogP contribution in [0.1, 0.15) is 5.56 Å². The first kappa shape index (κ1) is 13.1. The number of alkyl halides is 1. The Bertz CT molecular complexity index is 379. The Kier molecular flexibility index (Phi) is 5.36. The summed E-state index contributed by atoms with van der Waals surface area (Å²) in [4.78, 5) is 13.1. The van der Waals surface area contributed by atoms with Crippen LogP contribution in [0.2, 0.25) is 5.02 Å². The van der Waals surface area contributed by atoms with Crippen LogP contribution in [0.5, 0.6) is 0 Å². The van der Waals surface area contributed by atoms with E-state index in [1.807, 2.05) is 18.2 Å². The van der Waals surface area contributed by atoms with E-state index >= 15 is 0 Å². The van der Waals surface area contributed by atoms with E-state index < -0.39 is 0 Å². The van der Waals surface area contributed by atoms with Gasteiger partial charge in [0.05, 0.1) is 0 Å². The maximum atomic E-state index is 11.5. The highest BCUT2D eigenvalue weighted by Gasteiger charge is 2.12. The second kappa shape index (κ2) is 6.56. The molecule has 1 aromatic carbocycles. The molecule has 0 aromatic heterocycles. The van der Waals surface area contributed by atoms with Crippen molar-refractivity contribution in [2.24, 2.45) is 0 Å². The molecule has 0 aliphatic heterocycles. The molecule has 86 valence electrons. The minimum atomic E-state index is -0.124. The zero-order valence-corrected chi connectivity index (χ0v) is 10.3. The van der Waals surface area contributed by atoms with E-state index in [1.165, 1.54) is 0 Å². The standard InChI is InChI=1S/C12H13Cl2NO/c1-2-7-15(12(16)8-13)9-10-5-3-4-6-11(10)14/h2-6H,1,7-9H2. The van der Waals surface area contributed by atoms with Crippen LogP contribution in [-0.2, 0) is 11.3 Å². The number of amides is 1. The Hall–Kier alpha value is -0.990. The molecule has 0 radical (unpaired) electrons. The summed E-state index contributed by atoms with van der Waals surface area (Å²) in [7, 11) is 0. The van der Waals surface area contributed by atoms with Crippen LogP contribution in [0.3, 0.4) is 0 Å². The third-order valence-corrected chi connectivity index (χ3v) is 2.73. The zero-order valence-electron chi connectivity index (χ0n) is 8.83. The number of hydrogen-bond donors (Lipinski definition) is 0. The minimum absolute atomic E-state index is 0.0295. The molecule has 0 atom stereocenters. The number of carbonyl (C=O) groups excluding carboxylic acids is 1. The molecule has 0 aliphatic carbocycles. The maximum absolute atomic E-state index is 11.5. The second-order valence-corrected chi connectivity index (χ2v) is 3.96. The van der Waals surface area contributed by atoms with Gasteiger partial charge in [-0.05, 0) is 11.6 Å². The van der Waals surface area contributed by atoms with E-state index in [9.17, 15) is 4.79 Å². The maximum Gasteiger partial charge on any atom is 0.238 e. The van der Waals surface area contributed by atoms with Gasteiger partial charge in [-0.1, -0.05) is 35.9 Å². The molecule has 0 aliphatic rings. The Morgan fingerprint density at radius 3 is 2.69 bits per heavy atom. The van der Waals surface area contributed by atoms with Crippen LogP contribution in [0.4, 0.5) is 0 Å². The first-order valence-electron chi connectivity index (χ1n) is 4.87. The molecule has 0 unspecified atom stereocenters. The van der Waals surface area contributed by atoms with Crippen LogP contribution in [0, 0.1) is 0 Å². The smallest absolute Gasteiger partial charge is 0.238 e. The van der Waals surface area contributed by atoms with Gasteiger partial charge in [0.15, 0.2) is 0 Å². The normalized spacial score (nSPS) is 9.88. The van der Waals surface area contributed by atoms with Crippen molar-refractivity contribution in [3.63, 3.8) is 0 Å². The molecule has 16 heavy (non-hydrogen) atoms. The van der Waals surface area contributed by atoms with Gasteiger partial charge in [-0.25, -0.2) is 0 Å². The van der Waals surface area contributed by atoms with Gasteiger partial charge in [0, 0.05) is 18.1 Å². The third kappa shape index (κ3) is 3.54. The van der Waals surface area contributed by atoms with Crippen LogP contribution in [0.15, 0.2) is 36.9 Å². The first-order chi connectivity index (χ1) is 7.69. The summed E-state index contributed by atoms with van der Waals surface area (Å²) in [6.45, 7) is 4.54. The van der Waals surface area contributed by atoms with Crippen molar-refractivity contribution in [3.8, 4) is 0 Å². The Balaban J connectivity index is 2.79. The van der Waals surface area contributed by atoms with Crippen LogP contribution in [-0.4, -0.2) is 23.2 Å². The van der Waals surface area contributed by atoms with Crippen molar-refractivity contribution in [1.82, 2.24) is 4.90 Å². The monoisotopic (exact) mass is 257 g/mol. The van der Waals surface area contributed by atoms with Crippen molar-refractivity contribution in [2.45, 2.75) is 6.54 Å². The fourth-order valence-corrected chi connectivity index (χ4v) is 1.69. The minimum Gasteiger partial charge on any atom is -0.334 e. The lowest BCUT2D eigenvalue weighted by Gasteiger charge is -2.20. The van der Waals surface area contributed by atoms with E-state index in [4.69, 9.17) is 23.2 Å². The molecule has 4 heteroatoms. The molecular formula is C12H13Cl2NO. The van der Waals surface area contributed by atoms with E-state index in [0.717, 1.165) is 5.56 Å². The molecule has 1 rings (SSSR count). The summed E-state index contributed by atoms with van der Waals surface area (Å²) in [5.74, 6) is -0.153. The summed E-state index contributed by atoms with van der Waals surface area (Å²) >= 11 is 11.5. The fourth-order valence-electron chi connectivity index (χ4n) is 1.33. The quantitative estimate of drug-likeness (QED) is 0.587. The second-order valence-electron chi connectivity index (χ2n) is 3.29. The highest BCUT2D eigenvalue weighted by Crippen LogP contribution is 2.17. The Morgan fingerprint density at radius 1 is 1.44 bits per heavy atom. The van der Waals surface area contributed by atoms with Gasteiger partial charge in [-0.3, -0.25) is 4.79 Å². The van der Waals surface area contributed by atoms with Gasteiger partial charge in [0.25, 0.3) is 0 Å². The summed E-state index contributed by atoms with van der Waals surface area (Å²) in [6.07, 6.45) is 1.67. The van der Waals surface area contributed by atoms with Crippen molar-refractivity contribution < 1.29 is 4.79 Å². The molecule has 0 saturated heterocycles. The average molecular weight is 258 g/mol. The van der Waals surface area contributed by atoms with Gasteiger partial charge in [0.1, 0.15) is 5.88 Å². The van der Waals surface area contributed by atoms with Crippen LogP contribution >= 0.6 is 23.2 Å². The van der Waals surface area contributed by atoms with Crippen molar-refractivity contribution >= 4 is 29.1 Å². The van der Waals surface area contributed by atoms with Crippen LogP contribution < -0.4 is 0 Å². The molecular weight excluding hydrogens is 245 g/mol. The summed E-state index contributed by atoms with van der Waals surface area (Å²) in [5.41, 5.74) is 0.907. The average Bonchev–Trinajstić information content (AvgIpc) is 2.30. The highest BCUT2D eigenvalue weighted by atomic mass is 35.5. The van der Waals surface area contributed by atoms with E-state index in [0.29, 0.717) is 18.1 Å². The molecule has 0 heterocycles. The number of carbonyl (C=O) groups is 1. The number of benzene rings is 1. The number of hydrogen-bond acceptors (Lipinski definition) is 1.